The van der Waals surface area contributed by atoms with Gasteiger partial charge in [0, 0.05) is 13.1 Å². The zero-order valence-electron chi connectivity index (χ0n) is 9.58. The fourth-order valence-electron chi connectivity index (χ4n) is 1.61. The SMILES string of the molecule is CCCN(CCO)c1ccc(C#N)c(Br)c1F. The average molecular weight is 301 g/mol. The highest BCUT2D eigenvalue weighted by Gasteiger charge is 2.15. The lowest BCUT2D eigenvalue weighted by molar-refractivity contribution is 0.301. The largest absolute Gasteiger partial charge is 0.395 e. The minimum absolute atomic E-state index is 0.0307. The van der Waals surface area contributed by atoms with Crippen molar-refractivity contribution in [3.63, 3.8) is 0 Å². The van der Waals surface area contributed by atoms with E-state index in [1.165, 1.54) is 0 Å². The number of rotatable bonds is 5. The molecule has 0 saturated heterocycles. The third kappa shape index (κ3) is 3.18. The van der Waals surface area contributed by atoms with Gasteiger partial charge in [0.25, 0.3) is 0 Å². The molecule has 0 spiro atoms. The van der Waals surface area contributed by atoms with E-state index in [-0.39, 0.29) is 16.6 Å². The summed E-state index contributed by atoms with van der Waals surface area (Å²) in [4.78, 5) is 1.77. The number of nitriles is 1. The average Bonchev–Trinajstić information content (AvgIpc) is 2.32. The summed E-state index contributed by atoms with van der Waals surface area (Å²) in [7, 11) is 0. The van der Waals surface area contributed by atoms with Gasteiger partial charge < -0.3 is 10.0 Å². The van der Waals surface area contributed by atoms with Crippen LogP contribution in [0.15, 0.2) is 16.6 Å². The summed E-state index contributed by atoms with van der Waals surface area (Å²) >= 11 is 3.08. The number of aliphatic hydroxyl groups is 1. The second-order valence-corrected chi connectivity index (χ2v) is 4.38. The number of hydrogen-bond donors (Lipinski definition) is 1. The number of halogens is 2. The van der Waals surface area contributed by atoms with E-state index in [1.54, 1.807) is 17.0 Å². The highest BCUT2D eigenvalue weighted by Crippen LogP contribution is 2.29. The van der Waals surface area contributed by atoms with Crippen molar-refractivity contribution in [2.75, 3.05) is 24.6 Å². The van der Waals surface area contributed by atoms with Gasteiger partial charge in [-0.2, -0.15) is 5.26 Å². The molecule has 1 aromatic carbocycles. The maximum atomic E-state index is 14.0. The number of nitrogens with zero attached hydrogens (tertiary/aromatic N) is 2. The van der Waals surface area contributed by atoms with Gasteiger partial charge in [0.2, 0.25) is 0 Å². The van der Waals surface area contributed by atoms with E-state index in [2.05, 4.69) is 15.9 Å². The molecule has 0 aliphatic carbocycles. The van der Waals surface area contributed by atoms with Crippen LogP contribution in [0.2, 0.25) is 0 Å². The standard InChI is InChI=1S/C12H14BrFN2O/c1-2-5-16(6-7-17)10-4-3-9(8-15)11(13)12(10)14/h3-4,17H,2,5-7H2,1H3. The molecule has 0 atom stereocenters. The molecule has 0 saturated carbocycles. The quantitative estimate of drug-likeness (QED) is 0.909. The molecule has 3 nitrogen and oxygen atoms in total. The van der Waals surface area contributed by atoms with Gasteiger partial charge >= 0.3 is 0 Å². The summed E-state index contributed by atoms with van der Waals surface area (Å²) < 4.78 is 14.2. The second kappa shape index (κ2) is 6.58. The molecule has 0 aliphatic rings. The zero-order chi connectivity index (χ0) is 12.8. The Hall–Kier alpha value is -1.12. The highest BCUT2D eigenvalue weighted by atomic mass is 79.9. The predicted molar refractivity (Wildman–Crippen MR) is 68.4 cm³/mol. The Morgan fingerprint density at radius 3 is 2.71 bits per heavy atom. The van der Waals surface area contributed by atoms with E-state index in [9.17, 15) is 4.39 Å². The molecule has 17 heavy (non-hydrogen) atoms. The van der Waals surface area contributed by atoms with Crippen LogP contribution in [0.1, 0.15) is 18.9 Å². The van der Waals surface area contributed by atoms with Gasteiger partial charge in [-0.15, -0.1) is 0 Å². The Labute approximate surface area is 109 Å². The Bertz CT molecular complexity index is 425. The summed E-state index contributed by atoms with van der Waals surface area (Å²) in [6.45, 7) is 3.00. The lowest BCUT2D eigenvalue weighted by Crippen LogP contribution is -2.28. The topological polar surface area (TPSA) is 47.3 Å². The molecule has 92 valence electrons. The van der Waals surface area contributed by atoms with Crippen LogP contribution in [-0.4, -0.2) is 24.8 Å². The number of aliphatic hydroxyl groups excluding tert-OH is 1. The van der Waals surface area contributed by atoms with Crippen LogP contribution < -0.4 is 4.90 Å². The first-order valence-electron chi connectivity index (χ1n) is 5.39. The van der Waals surface area contributed by atoms with Crippen molar-refractivity contribution in [3.8, 4) is 6.07 Å². The van der Waals surface area contributed by atoms with Crippen LogP contribution in [-0.2, 0) is 0 Å². The number of hydrogen-bond acceptors (Lipinski definition) is 3. The molecule has 0 amide bonds. The third-order valence-corrected chi connectivity index (χ3v) is 3.16. The monoisotopic (exact) mass is 300 g/mol. The van der Waals surface area contributed by atoms with Crippen molar-refractivity contribution in [2.45, 2.75) is 13.3 Å². The van der Waals surface area contributed by atoms with Gasteiger partial charge in [-0.25, -0.2) is 4.39 Å². The van der Waals surface area contributed by atoms with Gasteiger partial charge in [-0.1, -0.05) is 6.92 Å². The first-order chi connectivity index (χ1) is 8.15. The van der Waals surface area contributed by atoms with Crippen molar-refractivity contribution in [3.05, 3.63) is 28.0 Å². The highest BCUT2D eigenvalue weighted by molar-refractivity contribution is 9.10. The van der Waals surface area contributed by atoms with Crippen LogP contribution in [0.4, 0.5) is 10.1 Å². The van der Waals surface area contributed by atoms with Gasteiger partial charge in [0.15, 0.2) is 5.82 Å². The lowest BCUT2D eigenvalue weighted by atomic mass is 10.2. The Kier molecular flexibility index (Phi) is 5.39. The minimum Gasteiger partial charge on any atom is -0.395 e. The van der Waals surface area contributed by atoms with E-state index in [0.717, 1.165) is 6.42 Å². The van der Waals surface area contributed by atoms with Crippen LogP contribution in [0.5, 0.6) is 0 Å². The molecular formula is C12H14BrFN2O. The molecule has 0 bridgehead atoms. The third-order valence-electron chi connectivity index (χ3n) is 2.39. The van der Waals surface area contributed by atoms with Crippen LogP contribution in [0.3, 0.4) is 0 Å². The fraction of sp³-hybridized carbons (Fsp3) is 0.417. The van der Waals surface area contributed by atoms with Crippen LogP contribution in [0, 0.1) is 17.1 Å². The lowest BCUT2D eigenvalue weighted by Gasteiger charge is -2.24. The first-order valence-corrected chi connectivity index (χ1v) is 6.18. The number of anilines is 1. The Morgan fingerprint density at radius 1 is 1.47 bits per heavy atom. The smallest absolute Gasteiger partial charge is 0.161 e. The predicted octanol–water partition coefficient (Wildman–Crippen LogP) is 2.67. The zero-order valence-corrected chi connectivity index (χ0v) is 11.2. The summed E-state index contributed by atoms with van der Waals surface area (Å²) in [6.07, 6.45) is 0.858. The van der Waals surface area contributed by atoms with E-state index >= 15 is 0 Å². The van der Waals surface area contributed by atoms with E-state index in [1.807, 2.05) is 13.0 Å². The molecule has 0 aromatic heterocycles. The van der Waals surface area contributed by atoms with Gasteiger partial charge in [0.05, 0.1) is 22.3 Å². The van der Waals surface area contributed by atoms with E-state index in [0.29, 0.717) is 18.8 Å². The summed E-state index contributed by atoms with van der Waals surface area (Å²) in [5.74, 6) is -0.453. The van der Waals surface area contributed by atoms with Crippen molar-refractivity contribution in [1.29, 1.82) is 5.26 Å². The molecule has 0 radical (unpaired) electrons. The second-order valence-electron chi connectivity index (χ2n) is 3.58. The molecule has 1 aromatic rings. The van der Waals surface area contributed by atoms with Gasteiger partial charge in [-0.3, -0.25) is 0 Å². The first kappa shape index (κ1) is 13.9. The van der Waals surface area contributed by atoms with Crippen molar-refractivity contribution >= 4 is 21.6 Å². The Balaban J connectivity index is 3.12. The summed E-state index contributed by atoms with van der Waals surface area (Å²) in [5.41, 5.74) is 0.679. The van der Waals surface area contributed by atoms with Crippen molar-refractivity contribution < 1.29 is 9.50 Å². The molecule has 5 heteroatoms. The van der Waals surface area contributed by atoms with Crippen molar-refractivity contribution in [1.82, 2.24) is 0 Å². The Morgan fingerprint density at radius 2 is 2.18 bits per heavy atom. The molecule has 0 heterocycles. The molecule has 1 rings (SSSR count). The van der Waals surface area contributed by atoms with Gasteiger partial charge in [-0.05, 0) is 34.5 Å². The van der Waals surface area contributed by atoms with Crippen molar-refractivity contribution in [2.24, 2.45) is 0 Å². The van der Waals surface area contributed by atoms with E-state index in [4.69, 9.17) is 10.4 Å². The fourth-order valence-corrected chi connectivity index (χ4v) is 2.04. The maximum Gasteiger partial charge on any atom is 0.161 e. The molecule has 1 N–H and O–H groups in total. The molecule has 0 aliphatic heterocycles. The molecular weight excluding hydrogens is 287 g/mol. The summed E-state index contributed by atoms with van der Waals surface area (Å²) in [6, 6.07) is 5.06. The number of benzene rings is 1. The normalized spacial score (nSPS) is 10.1. The van der Waals surface area contributed by atoms with Gasteiger partial charge in [0.1, 0.15) is 6.07 Å². The molecule has 0 fully saturated rings. The van der Waals surface area contributed by atoms with Crippen LogP contribution in [0.25, 0.3) is 0 Å². The van der Waals surface area contributed by atoms with Crippen LogP contribution >= 0.6 is 15.9 Å². The minimum atomic E-state index is -0.453. The maximum absolute atomic E-state index is 14.0. The summed E-state index contributed by atoms with van der Waals surface area (Å²) in [5, 5.41) is 17.7. The van der Waals surface area contributed by atoms with E-state index < -0.39 is 5.82 Å². The molecule has 0 unspecified atom stereocenters.